The van der Waals surface area contributed by atoms with Gasteiger partial charge in [-0.2, -0.15) is 0 Å². The van der Waals surface area contributed by atoms with Gasteiger partial charge in [-0.15, -0.1) is 0 Å². The molecule has 5 aromatic carbocycles. The van der Waals surface area contributed by atoms with E-state index in [0.29, 0.717) is 0 Å². The Balaban J connectivity index is 1.47. The van der Waals surface area contributed by atoms with Gasteiger partial charge < -0.3 is 9.80 Å². The van der Waals surface area contributed by atoms with Gasteiger partial charge in [-0.1, -0.05) is 86.1 Å². The summed E-state index contributed by atoms with van der Waals surface area (Å²) in [6, 6.07) is 44.6. The van der Waals surface area contributed by atoms with Crippen molar-refractivity contribution in [3.63, 3.8) is 0 Å². The van der Waals surface area contributed by atoms with Gasteiger partial charge in [-0.3, -0.25) is 0 Å². The summed E-state index contributed by atoms with van der Waals surface area (Å²) in [5.74, 6) is 0. The average molecular weight is 476 g/mol. The van der Waals surface area contributed by atoms with Crippen LogP contribution in [0.4, 0.5) is 34.1 Å². The molecule has 0 amide bonds. The smallest absolute Gasteiger partial charge is 0.252 e. The number of para-hydroxylation sites is 3. The third-order valence-electron chi connectivity index (χ3n) is 7.84. The van der Waals surface area contributed by atoms with Gasteiger partial charge in [0.15, 0.2) is 0 Å². The van der Waals surface area contributed by atoms with E-state index in [0.717, 1.165) is 6.42 Å². The molecule has 0 bridgehead atoms. The highest BCUT2D eigenvalue weighted by Gasteiger charge is 2.42. The summed E-state index contributed by atoms with van der Waals surface area (Å²) < 4.78 is 0. The van der Waals surface area contributed by atoms with Crippen molar-refractivity contribution in [3.8, 4) is 0 Å². The Bertz CT molecular complexity index is 1580. The summed E-state index contributed by atoms with van der Waals surface area (Å²) in [4.78, 5) is 4.90. The molecule has 3 heteroatoms. The van der Waals surface area contributed by atoms with E-state index in [1.165, 1.54) is 68.9 Å². The number of rotatable bonds is 5. The maximum Gasteiger partial charge on any atom is 0.252 e. The molecule has 0 atom stereocenters. The van der Waals surface area contributed by atoms with Gasteiger partial charge in [-0.05, 0) is 83.3 Å². The molecule has 0 aliphatic carbocycles. The summed E-state index contributed by atoms with van der Waals surface area (Å²) >= 11 is 0. The van der Waals surface area contributed by atoms with E-state index in [1.54, 1.807) is 0 Å². The molecular weight excluding hydrogens is 447 g/mol. The van der Waals surface area contributed by atoms with Gasteiger partial charge in [0.1, 0.15) is 0 Å². The highest BCUT2D eigenvalue weighted by atomic mass is 15.2. The van der Waals surface area contributed by atoms with Crippen LogP contribution in [0.15, 0.2) is 121 Å². The van der Waals surface area contributed by atoms with Crippen molar-refractivity contribution in [1.82, 2.24) is 0 Å². The molecule has 0 unspecified atom stereocenters. The van der Waals surface area contributed by atoms with Crippen LogP contribution in [-0.2, 0) is 6.42 Å². The standard InChI is InChI=1S/C34H29BN2/c1-2-3-12-25-21-23-27(24-22-25)37-31-18-10-8-16-29(31)35-28-15-7-9-17-30(28)36(26-13-5-4-6-14-26)32-19-11-20-33(37)34(32)35/h4-11,13-24H,2-3,12H2,1H3. The first kappa shape index (κ1) is 22.0. The number of aryl methyl sites for hydroxylation is 1. The third kappa shape index (κ3) is 3.49. The first-order chi connectivity index (χ1) is 18.3. The lowest BCUT2D eigenvalue weighted by molar-refractivity contribution is 0.795. The van der Waals surface area contributed by atoms with E-state index in [1.807, 2.05) is 0 Å². The Hall–Kier alpha value is -4.24. The monoisotopic (exact) mass is 476 g/mol. The number of benzene rings is 5. The molecule has 0 radical (unpaired) electrons. The van der Waals surface area contributed by atoms with Crippen LogP contribution in [0, 0.1) is 0 Å². The number of anilines is 6. The van der Waals surface area contributed by atoms with Crippen molar-refractivity contribution < 1.29 is 0 Å². The lowest BCUT2D eigenvalue weighted by Crippen LogP contribution is -2.61. The van der Waals surface area contributed by atoms with Gasteiger partial charge in [-0.25, -0.2) is 0 Å². The molecule has 37 heavy (non-hydrogen) atoms. The molecule has 0 aromatic heterocycles. The van der Waals surface area contributed by atoms with Crippen LogP contribution in [0.25, 0.3) is 0 Å². The molecule has 2 aliphatic rings. The van der Waals surface area contributed by atoms with E-state index < -0.39 is 0 Å². The fourth-order valence-corrected chi connectivity index (χ4v) is 6.16. The predicted octanol–water partition coefficient (Wildman–Crippen LogP) is 7.11. The number of hydrogen-bond acceptors (Lipinski definition) is 2. The topological polar surface area (TPSA) is 6.48 Å². The minimum Gasteiger partial charge on any atom is -0.311 e. The summed E-state index contributed by atoms with van der Waals surface area (Å²) in [5, 5.41) is 0. The second-order valence-electron chi connectivity index (χ2n) is 10.0. The van der Waals surface area contributed by atoms with Crippen molar-refractivity contribution in [3.05, 3.63) is 127 Å². The normalized spacial score (nSPS) is 13.2. The van der Waals surface area contributed by atoms with Crippen molar-refractivity contribution in [1.29, 1.82) is 0 Å². The lowest BCUT2D eigenvalue weighted by atomic mass is 9.33. The Labute approximate surface area is 219 Å². The number of nitrogens with zero attached hydrogens (tertiary/aromatic N) is 2. The average Bonchev–Trinajstić information content (AvgIpc) is 2.97. The van der Waals surface area contributed by atoms with Gasteiger partial charge in [0, 0.05) is 34.1 Å². The number of hydrogen-bond donors (Lipinski definition) is 0. The second-order valence-corrected chi connectivity index (χ2v) is 10.0. The van der Waals surface area contributed by atoms with Crippen molar-refractivity contribution in [2.75, 3.05) is 9.80 Å². The van der Waals surface area contributed by atoms with Crippen molar-refractivity contribution in [2.45, 2.75) is 26.2 Å². The Morgan fingerprint density at radius 1 is 0.514 bits per heavy atom. The van der Waals surface area contributed by atoms with Crippen LogP contribution in [0.5, 0.6) is 0 Å². The van der Waals surface area contributed by atoms with Crippen molar-refractivity contribution in [2.24, 2.45) is 0 Å². The molecule has 0 fully saturated rings. The lowest BCUT2D eigenvalue weighted by Gasteiger charge is -2.44. The molecule has 5 aromatic rings. The van der Waals surface area contributed by atoms with Gasteiger partial charge >= 0.3 is 0 Å². The van der Waals surface area contributed by atoms with Crippen LogP contribution in [-0.4, -0.2) is 6.71 Å². The molecule has 2 nitrogen and oxygen atoms in total. The van der Waals surface area contributed by atoms with E-state index in [9.17, 15) is 0 Å². The summed E-state index contributed by atoms with van der Waals surface area (Å²) in [6.45, 7) is 2.45. The molecule has 0 N–H and O–H groups in total. The molecule has 0 saturated carbocycles. The predicted molar refractivity (Wildman–Crippen MR) is 159 cm³/mol. The zero-order chi connectivity index (χ0) is 24.8. The summed E-state index contributed by atoms with van der Waals surface area (Å²) in [6.07, 6.45) is 3.59. The maximum absolute atomic E-state index is 2.46. The van der Waals surface area contributed by atoms with Crippen LogP contribution in [0.3, 0.4) is 0 Å². The van der Waals surface area contributed by atoms with E-state index in [-0.39, 0.29) is 6.71 Å². The fourth-order valence-electron chi connectivity index (χ4n) is 6.16. The van der Waals surface area contributed by atoms with Crippen molar-refractivity contribution >= 4 is 57.2 Å². The quantitative estimate of drug-likeness (QED) is 0.244. The fraction of sp³-hybridized carbons (Fsp3) is 0.118. The molecule has 7 rings (SSSR count). The first-order valence-electron chi connectivity index (χ1n) is 13.4. The van der Waals surface area contributed by atoms with Crippen LogP contribution in [0.2, 0.25) is 0 Å². The largest absolute Gasteiger partial charge is 0.311 e. The minimum absolute atomic E-state index is 0.193. The SMILES string of the molecule is CCCCc1ccc(N2c3ccccc3B3c4ccccc4N(c4ccccc4)c4cccc2c43)cc1. The summed E-state index contributed by atoms with van der Waals surface area (Å²) in [5.41, 5.74) is 12.9. The first-order valence-corrected chi connectivity index (χ1v) is 13.4. The zero-order valence-electron chi connectivity index (χ0n) is 21.1. The maximum atomic E-state index is 2.46. The zero-order valence-corrected chi connectivity index (χ0v) is 21.1. The second kappa shape index (κ2) is 9.01. The molecule has 2 aliphatic heterocycles. The molecule has 178 valence electrons. The van der Waals surface area contributed by atoms with Crippen LogP contribution in [0.1, 0.15) is 25.3 Å². The third-order valence-corrected chi connectivity index (χ3v) is 7.84. The molecule has 2 heterocycles. The number of fused-ring (bicyclic) bond motifs is 4. The molecule has 0 spiro atoms. The van der Waals surface area contributed by atoms with E-state index in [4.69, 9.17) is 0 Å². The highest BCUT2D eigenvalue weighted by Crippen LogP contribution is 2.43. The Morgan fingerprint density at radius 3 is 1.62 bits per heavy atom. The molecular formula is C34H29BN2. The van der Waals surface area contributed by atoms with Crippen LogP contribution < -0.4 is 26.2 Å². The highest BCUT2D eigenvalue weighted by molar-refractivity contribution is 7.00. The summed E-state index contributed by atoms with van der Waals surface area (Å²) in [7, 11) is 0. The van der Waals surface area contributed by atoms with Gasteiger partial charge in [0.2, 0.25) is 0 Å². The van der Waals surface area contributed by atoms with Gasteiger partial charge in [0.25, 0.3) is 6.71 Å². The van der Waals surface area contributed by atoms with E-state index in [2.05, 4.69) is 138 Å². The molecule has 0 saturated heterocycles. The Morgan fingerprint density at radius 2 is 1.03 bits per heavy atom. The van der Waals surface area contributed by atoms with Crippen LogP contribution >= 0.6 is 0 Å². The Kier molecular flexibility index (Phi) is 5.36. The van der Waals surface area contributed by atoms with Gasteiger partial charge in [0.05, 0.1) is 0 Å². The van der Waals surface area contributed by atoms with E-state index >= 15 is 0 Å². The minimum atomic E-state index is 0.193. The number of unbranched alkanes of at least 4 members (excludes halogenated alkanes) is 1.